The molecule has 0 saturated carbocycles. The fourth-order valence-electron chi connectivity index (χ4n) is 2.92. The SMILES string of the molecule is CCC(C)c1ccccc1OCC(=O)NNC(=S)NC(=O)c1ccc(OCCC(C)C)c(Br)c1. The molecule has 184 valence electrons. The number of nitrogens with one attached hydrogen (secondary N) is 3. The second kappa shape index (κ2) is 13.9. The smallest absolute Gasteiger partial charge is 0.276 e. The zero-order valence-electron chi connectivity index (χ0n) is 19.9. The number of hydrogen-bond donors (Lipinski definition) is 3. The van der Waals surface area contributed by atoms with Crippen LogP contribution >= 0.6 is 28.1 Å². The fourth-order valence-corrected chi connectivity index (χ4v) is 3.55. The third-order valence-electron chi connectivity index (χ3n) is 5.11. The third kappa shape index (κ3) is 8.95. The summed E-state index contributed by atoms with van der Waals surface area (Å²) in [5, 5.41) is 2.49. The number of carbonyl (C=O) groups is 2. The average molecular weight is 551 g/mol. The van der Waals surface area contributed by atoms with Crippen LogP contribution in [0.15, 0.2) is 46.9 Å². The lowest BCUT2D eigenvalue weighted by atomic mass is 9.98. The lowest BCUT2D eigenvalue weighted by Gasteiger charge is -2.16. The first kappa shape index (κ1) is 27.6. The van der Waals surface area contributed by atoms with Crippen LogP contribution < -0.4 is 25.6 Å². The fraction of sp³-hybridized carbons (Fsp3) is 0.400. The molecule has 0 spiro atoms. The van der Waals surface area contributed by atoms with E-state index in [-0.39, 0.29) is 11.7 Å². The number of benzene rings is 2. The summed E-state index contributed by atoms with van der Waals surface area (Å²) in [6.07, 6.45) is 1.91. The van der Waals surface area contributed by atoms with Crippen molar-refractivity contribution in [2.75, 3.05) is 13.2 Å². The minimum absolute atomic E-state index is 0.0354. The highest BCUT2D eigenvalue weighted by Gasteiger charge is 2.13. The van der Waals surface area contributed by atoms with Crippen LogP contribution in [0.2, 0.25) is 0 Å². The number of hydrazine groups is 1. The van der Waals surface area contributed by atoms with Crippen LogP contribution in [0.4, 0.5) is 0 Å². The Hall–Kier alpha value is -2.65. The van der Waals surface area contributed by atoms with Gasteiger partial charge in [-0.2, -0.15) is 0 Å². The zero-order valence-corrected chi connectivity index (χ0v) is 22.3. The zero-order chi connectivity index (χ0) is 25.1. The van der Waals surface area contributed by atoms with Crippen LogP contribution in [0, 0.1) is 5.92 Å². The standard InChI is InChI=1S/C25H32BrN3O4S/c1-5-17(4)19-8-6-7-9-21(19)33-15-23(30)28-29-25(34)27-24(31)18-10-11-22(20(26)14-18)32-13-12-16(2)3/h6-11,14,16-17H,5,12-13,15H2,1-4H3,(H,28,30)(H2,27,29,31,34). The number of hydrogen-bond acceptors (Lipinski definition) is 5. The van der Waals surface area contributed by atoms with Gasteiger partial charge >= 0.3 is 0 Å². The van der Waals surface area contributed by atoms with Crippen molar-refractivity contribution in [2.24, 2.45) is 5.92 Å². The second-order valence-electron chi connectivity index (χ2n) is 8.27. The third-order valence-corrected chi connectivity index (χ3v) is 5.93. The number of ether oxygens (including phenoxy) is 2. The first-order valence-electron chi connectivity index (χ1n) is 11.3. The van der Waals surface area contributed by atoms with Crippen molar-refractivity contribution in [3.63, 3.8) is 0 Å². The molecule has 0 fully saturated rings. The van der Waals surface area contributed by atoms with Gasteiger partial charge in [0.05, 0.1) is 11.1 Å². The Kier molecular flexibility index (Phi) is 11.3. The molecule has 0 bridgehead atoms. The molecule has 2 rings (SSSR count). The van der Waals surface area contributed by atoms with Crippen molar-refractivity contribution in [1.82, 2.24) is 16.2 Å². The molecule has 7 nitrogen and oxygen atoms in total. The van der Waals surface area contributed by atoms with E-state index in [0.717, 1.165) is 18.4 Å². The number of amides is 2. The van der Waals surface area contributed by atoms with E-state index in [4.69, 9.17) is 21.7 Å². The summed E-state index contributed by atoms with van der Waals surface area (Å²) >= 11 is 8.53. The minimum Gasteiger partial charge on any atom is -0.492 e. The number of rotatable bonds is 10. The van der Waals surface area contributed by atoms with Gasteiger partial charge in [0, 0.05) is 5.56 Å². The van der Waals surface area contributed by atoms with Crippen molar-refractivity contribution < 1.29 is 19.1 Å². The van der Waals surface area contributed by atoms with Crippen LogP contribution in [-0.2, 0) is 4.79 Å². The summed E-state index contributed by atoms with van der Waals surface area (Å²) in [4.78, 5) is 24.6. The predicted octanol–water partition coefficient (Wildman–Crippen LogP) is 5.10. The molecule has 2 amide bonds. The van der Waals surface area contributed by atoms with Crippen molar-refractivity contribution >= 4 is 45.1 Å². The highest BCUT2D eigenvalue weighted by atomic mass is 79.9. The summed E-state index contributed by atoms with van der Waals surface area (Å²) in [5.74, 6) is 1.36. The van der Waals surface area contributed by atoms with Gasteiger partial charge in [-0.15, -0.1) is 0 Å². The van der Waals surface area contributed by atoms with Gasteiger partial charge in [-0.25, -0.2) is 0 Å². The molecule has 34 heavy (non-hydrogen) atoms. The maximum atomic E-state index is 12.5. The van der Waals surface area contributed by atoms with Gasteiger partial charge in [0.2, 0.25) is 0 Å². The lowest BCUT2D eigenvalue weighted by molar-refractivity contribution is -0.123. The molecule has 1 unspecified atom stereocenters. The van der Waals surface area contributed by atoms with Gasteiger partial charge in [0.15, 0.2) is 11.7 Å². The molecule has 0 heterocycles. The first-order valence-corrected chi connectivity index (χ1v) is 12.5. The van der Waals surface area contributed by atoms with Gasteiger partial charge in [-0.05, 0) is 82.7 Å². The van der Waals surface area contributed by atoms with E-state index < -0.39 is 11.8 Å². The van der Waals surface area contributed by atoms with E-state index >= 15 is 0 Å². The van der Waals surface area contributed by atoms with Crippen molar-refractivity contribution in [3.8, 4) is 11.5 Å². The van der Waals surface area contributed by atoms with Crippen molar-refractivity contribution in [1.29, 1.82) is 0 Å². The Morgan fingerprint density at radius 2 is 1.76 bits per heavy atom. The number of thiocarbonyl (C=S) groups is 1. The molecule has 2 aromatic rings. The van der Waals surface area contributed by atoms with E-state index in [1.807, 2.05) is 24.3 Å². The second-order valence-corrected chi connectivity index (χ2v) is 9.53. The quantitative estimate of drug-likeness (QED) is 0.282. The monoisotopic (exact) mass is 549 g/mol. The molecule has 1 atom stereocenters. The van der Waals surface area contributed by atoms with Crippen LogP contribution in [0.3, 0.4) is 0 Å². The minimum atomic E-state index is -0.429. The largest absolute Gasteiger partial charge is 0.492 e. The molecular formula is C25H32BrN3O4S. The Morgan fingerprint density at radius 1 is 1.03 bits per heavy atom. The van der Waals surface area contributed by atoms with Crippen LogP contribution in [0.25, 0.3) is 0 Å². The lowest BCUT2D eigenvalue weighted by Crippen LogP contribution is -2.49. The van der Waals surface area contributed by atoms with E-state index in [1.54, 1.807) is 18.2 Å². The van der Waals surface area contributed by atoms with E-state index in [9.17, 15) is 9.59 Å². The Labute approximate surface area is 215 Å². The summed E-state index contributed by atoms with van der Waals surface area (Å²) in [6, 6.07) is 12.7. The molecule has 0 aliphatic heterocycles. The summed E-state index contributed by atoms with van der Waals surface area (Å²) < 4.78 is 12.1. The van der Waals surface area contributed by atoms with Gasteiger partial charge in [-0.1, -0.05) is 45.9 Å². The molecule has 9 heteroatoms. The predicted molar refractivity (Wildman–Crippen MR) is 141 cm³/mol. The first-order chi connectivity index (χ1) is 16.2. The number of carbonyl (C=O) groups excluding carboxylic acids is 2. The molecule has 0 aliphatic carbocycles. The molecule has 3 N–H and O–H groups in total. The Morgan fingerprint density at radius 3 is 2.44 bits per heavy atom. The number of para-hydroxylation sites is 1. The maximum Gasteiger partial charge on any atom is 0.276 e. The topological polar surface area (TPSA) is 88.7 Å². The molecule has 0 saturated heterocycles. The maximum absolute atomic E-state index is 12.5. The van der Waals surface area contributed by atoms with Crippen LogP contribution in [0.1, 0.15) is 62.4 Å². The van der Waals surface area contributed by atoms with E-state index in [1.165, 1.54) is 0 Å². The molecule has 0 radical (unpaired) electrons. The van der Waals surface area contributed by atoms with Crippen LogP contribution in [-0.4, -0.2) is 30.1 Å². The molecule has 2 aromatic carbocycles. The van der Waals surface area contributed by atoms with Crippen molar-refractivity contribution in [3.05, 3.63) is 58.1 Å². The Bertz CT molecular complexity index is 1000. The van der Waals surface area contributed by atoms with Gasteiger partial charge < -0.3 is 9.47 Å². The van der Waals surface area contributed by atoms with Gasteiger partial charge in [0.1, 0.15) is 11.5 Å². The number of halogens is 1. The van der Waals surface area contributed by atoms with Crippen molar-refractivity contribution in [2.45, 2.75) is 46.5 Å². The normalized spacial score (nSPS) is 11.5. The Balaban J connectivity index is 1.80. The summed E-state index contributed by atoms with van der Waals surface area (Å²) in [7, 11) is 0. The highest BCUT2D eigenvalue weighted by molar-refractivity contribution is 9.10. The average Bonchev–Trinajstić information content (AvgIpc) is 2.81. The van der Waals surface area contributed by atoms with E-state index in [2.05, 4.69) is 59.8 Å². The highest BCUT2D eigenvalue weighted by Crippen LogP contribution is 2.28. The summed E-state index contributed by atoms with van der Waals surface area (Å²) in [5.41, 5.74) is 6.39. The molecule has 0 aromatic heterocycles. The molecule has 0 aliphatic rings. The van der Waals surface area contributed by atoms with Gasteiger partial charge in [0.25, 0.3) is 11.8 Å². The van der Waals surface area contributed by atoms with E-state index in [0.29, 0.717) is 40.0 Å². The van der Waals surface area contributed by atoms with Crippen LogP contribution in [0.5, 0.6) is 11.5 Å². The molecular weight excluding hydrogens is 518 g/mol. The van der Waals surface area contributed by atoms with Gasteiger partial charge in [-0.3, -0.25) is 25.8 Å². The summed E-state index contributed by atoms with van der Waals surface area (Å²) in [6.45, 7) is 8.88.